The SMILES string of the molecule is CCCCc1ccc(COCCOCCNC(=O)c2ccc(C(=O)O)c(-c3c4ccc(=O)cc-4oc4cc(O)ccc34)c2)o1. The van der Waals surface area contributed by atoms with E-state index in [0.717, 1.165) is 30.8 Å². The van der Waals surface area contributed by atoms with Crippen LogP contribution in [0.5, 0.6) is 5.75 Å². The third-order valence-corrected chi connectivity index (χ3v) is 7.10. The van der Waals surface area contributed by atoms with Gasteiger partial charge in [-0.05, 0) is 66.6 Å². The quantitative estimate of drug-likeness (QED) is 0.105. The summed E-state index contributed by atoms with van der Waals surface area (Å²) in [6.07, 6.45) is 3.11. The first-order chi connectivity index (χ1) is 21.3. The number of carbonyl (C=O) groups is 2. The number of phenols is 1. The molecule has 0 atom stereocenters. The van der Waals surface area contributed by atoms with Crippen molar-refractivity contribution in [3.8, 4) is 28.2 Å². The van der Waals surface area contributed by atoms with Crippen LogP contribution in [0.15, 0.2) is 80.4 Å². The average molecular weight is 600 g/mol. The van der Waals surface area contributed by atoms with E-state index in [4.69, 9.17) is 18.3 Å². The zero-order chi connectivity index (χ0) is 31.1. The lowest BCUT2D eigenvalue weighted by Crippen LogP contribution is -2.27. The number of benzene rings is 3. The average Bonchev–Trinajstić information content (AvgIpc) is 3.47. The second-order valence-electron chi connectivity index (χ2n) is 10.3. The van der Waals surface area contributed by atoms with Crippen molar-refractivity contribution in [3.05, 3.63) is 99.6 Å². The third-order valence-electron chi connectivity index (χ3n) is 7.10. The van der Waals surface area contributed by atoms with E-state index >= 15 is 0 Å². The normalized spacial score (nSPS) is 11.3. The monoisotopic (exact) mass is 599 g/mol. The Kier molecular flexibility index (Phi) is 9.73. The number of aromatic hydroxyl groups is 1. The van der Waals surface area contributed by atoms with E-state index in [1.54, 1.807) is 12.1 Å². The zero-order valence-electron chi connectivity index (χ0n) is 24.3. The molecule has 0 saturated carbocycles. The van der Waals surface area contributed by atoms with Crippen LogP contribution in [0.1, 0.15) is 52.0 Å². The van der Waals surface area contributed by atoms with Crippen LogP contribution in [0.25, 0.3) is 33.4 Å². The number of amides is 1. The second kappa shape index (κ2) is 14.0. The standard InChI is InChI=1S/C34H33NO9/c1-2-3-4-24-8-9-25(43-24)20-42-16-15-41-14-13-35-33(38)21-5-10-26(34(39)40)29(17-21)32-27-11-6-22(36)18-30(27)44-31-19-23(37)7-12-28(31)32/h5-12,17-19,36H,2-4,13-16,20H2,1H3,(H,35,38)(H,39,40). The molecule has 1 aromatic heterocycles. The number of hydrogen-bond acceptors (Lipinski definition) is 8. The van der Waals surface area contributed by atoms with Crippen LogP contribution in [0, 0.1) is 0 Å². The first-order valence-electron chi connectivity index (χ1n) is 14.4. The minimum atomic E-state index is -1.19. The highest BCUT2D eigenvalue weighted by Gasteiger charge is 2.23. The number of aromatic carboxylic acids is 1. The lowest BCUT2D eigenvalue weighted by atomic mass is 9.89. The first-order valence-corrected chi connectivity index (χ1v) is 14.4. The van der Waals surface area contributed by atoms with Gasteiger partial charge in [0.2, 0.25) is 0 Å². The molecule has 0 fully saturated rings. The van der Waals surface area contributed by atoms with Gasteiger partial charge in [-0.1, -0.05) is 13.3 Å². The van der Waals surface area contributed by atoms with Crippen LogP contribution in [0.2, 0.25) is 0 Å². The van der Waals surface area contributed by atoms with E-state index in [9.17, 15) is 24.6 Å². The van der Waals surface area contributed by atoms with Gasteiger partial charge >= 0.3 is 5.97 Å². The maximum Gasteiger partial charge on any atom is 0.336 e. The van der Waals surface area contributed by atoms with Gasteiger partial charge in [0.05, 0.1) is 25.4 Å². The van der Waals surface area contributed by atoms with Crippen LogP contribution in [0.4, 0.5) is 0 Å². The number of ether oxygens (including phenoxy) is 2. The van der Waals surface area contributed by atoms with Crippen molar-refractivity contribution < 1.29 is 38.1 Å². The Labute approximate surface area is 253 Å². The lowest BCUT2D eigenvalue weighted by molar-refractivity contribution is 0.0352. The number of rotatable bonds is 14. The minimum Gasteiger partial charge on any atom is -0.508 e. The van der Waals surface area contributed by atoms with Gasteiger partial charge < -0.3 is 33.8 Å². The minimum absolute atomic E-state index is 0.0373. The highest BCUT2D eigenvalue weighted by atomic mass is 16.5. The Morgan fingerprint density at radius 2 is 1.68 bits per heavy atom. The van der Waals surface area contributed by atoms with E-state index < -0.39 is 11.9 Å². The van der Waals surface area contributed by atoms with Gasteiger partial charge in [0, 0.05) is 47.2 Å². The molecule has 1 aliphatic carbocycles. The largest absolute Gasteiger partial charge is 0.508 e. The van der Waals surface area contributed by atoms with Gasteiger partial charge in [0.1, 0.15) is 35.2 Å². The lowest BCUT2D eigenvalue weighted by Gasteiger charge is -2.17. The van der Waals surface area contributed by atoms with Gasteiger partial charge in [0.15, 0.2) is 5.43 Å². The van der Waals surface area contributed by atoms with Gasteiger partial charge in [-0.25, -0.2) is 4.79 Å². The Hall–Kier alpha value is -4.93. The summed E-state index contributed by atoms with van der Waals surface area (Å²) in [5, 5.41) is 23.3. The summed E-state index contributed by atoms with van der Waals surface area (Å²) >= 11 is 0. The predicted octanol–water partition coefficient (Wildman–Crippen LogP) is 5.87. The number of fused-ring (bicyclic) bond motifs is 2. The molecule has 1 amide bonds. The van der Waals surface area contributed by atoms with Gasteiger partial charge in [-0.3, -0.25) is 9.59 Å². The second-order valence-corrected chi connectivity index (χ2v) is 10.3. The number of carboxylic acid groups (broad SMARTS) is 1. The third kappa shape index (κ3) is 7.16. The molecule has 44 heavy (non-hydrogen) atoms. The van der Waals surface area contributed by atoms with Crippen LogP contribution >= 0.6 is 0 Å². The highest BCUT2D eigenvalue weighted by molar-refractivity contribution is 6.09. The van der Waals surface area contributed by atoms with Crippen molar-refractivity contribution in [2.75, 3.05) is 26.4 Å². The molecule has 3 aromatic rings. The Morgan fingerprint density at radius 1 is 0.864 bits per heavy atom. The number of nitrogens with one attached hydrogen (secondary N) is 1. The molecule has 5 rings (SSSR count). The maximum absolute atomic E-state index is 13.0. The van der Waals surface area contributed by atoms with Crippen molar-refractivity contribution >= 4 is 22.8 Å². The summed E-state index contributed by atoms with van der Waals surface area (Å²) in [6.45, 7) is 3.70. The molecule has 0 saturated heterocycles. The van der Waals surface area contributed by atoms with Crippen LogP contribution in [-0.2, 0) is 22.5 Å². The van der Waals surface area contributed by atoms with Crippen LogP contribution in [0.3, 0.4) is 0 Å². The molecule has 0 spiro atoms. The zero-order valence-corrected chi connectivity index (χ0v) is 24.3. The fourth-order valence-corrected chi connectivity index (χ4v) is 4.94. The van der Waals surface area contributed by atoms with Crippen LogP contribution in [-0.4, -0.2) is 48.5 Å². The van der Waals surface area contributed by atoms with E-state index in [0.29, 0.717) is 36.3 Å². The van der Waals surface area contributed by atoms with E-state index in [1.165, 1.54) is 42.5 Å². The van der Waals surface area contributed by atoms with E-state index in [1.807, 2.05) is 12.1 Å². The molecule has 2 aromatic carbocycles. The molecular formula is C34H33NO9. The molecule has 228 valence electrons. The topological polar surface area (TPSA) is 148 Å². The number of hydrogen-bond donors (Lipinski definition) is 3. The number of carboxylic acids is 1. The number of phenolic OH excluding ortho intramolecular Hbond substituents is 1. The summed E-state index contributed by atoms with van der Waals surface area (Å²) in [5.74, 6) is 0.302. The number of furan rings is 1. The summed E-state index contributed by atoms with van der Waals surface area (Å²) < 4.78 is 22.8. The fourth-order valence-electron chi connectivity index (χ4n) is 4.94. The Bertz CT molecular complexity index is 1800. The number of unbranched alkanes of at least 4 members (excludes halogenated alkanes) is 1. The summed E-state index contributed by atoms with van der Waals surface area (Å²) in [5.41, 5.74) is 1.39. The van der Waals surface area contributed by atoms with Crippen molar-refractivity contribution in [2.45, 2.75) is 32.8 Å². The van der Waals surface area contributed by atoms with Crippen LogP contribution < -0.4 is 10.7 Å². The van der Waals surface area contributed by atoms with Crippen molar-refractivity contribution in [3.63, 3.8) is 0 Å². The molecular weight excluding hydrogens is 566 g/mol. The molecule has 10 nitrogen and oxygen atoms in total. The first kappa shape index (κ1) is 30.5. The van der Waals surface area contributed by atoms with Gasteiger partial charge in [-0.15, -0.1) is 0 Å². The van der Waals surface area contributed by atoms with E-state index in [-0.39, 0.29) is 52.4 Å². The smallest absolute Gasteiger partial charge is 0.336 e. The molecule has 0 unspecified atom stereocenters. The molecule has 0 bridgehead atoms. The maximum atomic E-state index is 13.0. The van der Waals surface area contributed by atoms with Gasteiger partial charge in [0.25, 0.3) is 5.91 Å². The number of aryl methyl sites for hydroxylation is 1. The summed E-state index contributed by atoms with van der Waals surface area (Å²) in [7, 11) is 0. The van der Waals surface area contributed by atoms with Gasteiger partial charge in [-0.2, -0.15) is 0 Å². The predicted molar refractivity (Wildman–Crippen MR) is 163 cm³/mol. The van der Waals surface area contributed by atoms with Crippen molar-refractivity contribution in [1.29, 1.82) is 0 Å². The number of carbonyl (C=O) groups excluding carboxylic acids is 1. The molecule has 3 N–H and O–H groups in total. The van der Waals surface area contributed by atoms with E-state index in [2.05, 4.69) is 12.2 Å². The Balaban J connectivity index is 1.24. The molecule has 10 heteroatoms. The highest BCUT2D eigenvalue weighted by Crippen LogP contribution is 2.42. The fraction of sp³-hybridized carbons (Fsp3) is 0.265. The molecule has 0 radical (unpaired) electrons. The molecule has 1 aliphatic heterocycles. The Morgan fingerprint density at radius 3 is 2.50 bits per heavy atom. The van der Waals surface area contributed by atoms with Crippen molar-refractivity contribution in [2.24, 2.45) is 0 Å². The van der Waals surface area contributed by atoms with Crippen molar-refractivity contribution in [1.82, 2.24) is 5.32 Å². The molecule has 2 aliphatic rings. The summed E-state index contributed by atoms with van der Waals surface area (Å²) in [6, 6.07) is 16.9. The summed E-state index contributed by atoms with van der Waals surface area (Å²) in [4.78, 5) is 37.4. The molecule has 2 heterocycles.